The zero-order chi connectivity index (χ0) is 13.2. The van der Waals surface area contributed by atoms with Crippen LogP contribution < -0.4 is 4.74 Å². The Morgan fingerprint density at radius 3 is 2.84 bits per heavy atom. The van der Waals surface area contributed by atoms with Gasteiger partial charge in [0.25, 0.3) is 0 Å². The summed E-state index contributed by atoms with van der Waals surface area (Å²) in [7, 11) is 0. The fourth-order valence-electron chi connectivity index (χ4n) is 2.02. The summed E-state index contributed by atoms with van der Waals surface area (Å²) in [6.45, 7) is 2.66. The first kappa shape index (κ1) is 12.6. The average molecular weight is 319 g/mol. The van der Waals surface area contributed by atoms with Crippen molar-refractivity contribution in [2.45, 2.75) is 25.7 Å². The Morgan fingerprint density at radius 1 is 1.26 bits per heavy atom. The van der Waals surface area contributed by atoms with Gasteiger partial charge in [0.1, 0.15) is 16.2 Å². The zero-order valence-electron chi connectivity index (χ0n) is 10.8. The van der Waals surface area contributed by atoms with Gasteiger partial charge in [0.2, 0.25) is 0 Å². The van der Waals surface area contributed by atoms with E-state index in [1.807, 2.05) is 37.3 Å². The minimum absolute atomic E-state index is 0.548. The van der Waals surface area contributed by atoms with Crippen LogP contribution in [0, 0.1) is 0 Å². The average Bonchev–Trinajstić information content (AvgIpc) is 3.23. The Bertz CT molecular complexity index is 596. The van der Waals surface area contributed by atoms with Gasteiger partial charge in [0.05, 0.1) is 12.3 Å². The predicted octanol–water partition coefficient (Wildman–Crippen LogP) is 4.18. The second-order valence-electron chi connectivity index (χ2n) is 4.67. The summed E-state index contributed by atoms with van der Waals surface area (Å²) in [4.78, 5) is 9.12. The summed E-state index contributed by atoms with van der Waals surface area (Å²) in [5.41, 5.74) is 2.02. The first-order valence-electron chi connectivity index (χ1n) is 6.54. The second-order valence-corrected chi connectivity index (χ2v) is 5.48. The molecule has 2 aromatic rings. The van der Waals surface area contributed by atoms with Crippen LogP contribution in [-0.2, 0) is 0 Å². The predicted molar refractivity (Wildman–Crippen MR) is 78.3 cm³/mol. The van der Waals surface area contributed by atoms with E-state index in [9.17, 15) is 0 Å². The molecule has 1 heterocycles. The molecule has 0 saturated heterocycles. The lowest BCUT2D eigenvalue weighted by atomic mass is 10.1. The molecule has 0 atom stereocenters. The fraction of sp³-hybridized carbons (Fsp3) is 0.333. The smallest absolute Gasteiger partial charge is 0.133 e. The summed E-state index contributed by atoms with van der Waals surface area (Å²) in [6.07, 6.45) is 2.41. The number of hydrogen-bond acceptors (Lipinski definition) is 3. The second kappa shape index (κ2) is 5.29. The zero-order valence-corrected chi connectivity index (χ0v) is 12.4. The third kappa shape index (κ3) is 2.95. The molecule has 1 aliphatic carbocycles. The van der Waals surface area contributed by atoms with Crippen LogP contribution >= 0.6 is 15.9 Å². The maximum atomic E-state index is 5.53. The van der Waals surface area contributed by atoms with E-state index in [0.29, 0.717) is 12.5 Å². The molecule has 19 heavy (non-hydrogen) atoms. The first-order chi connectivity index (χ1) is 9.26. The summed E-state index contributed by atoms with van der Waals surface area (Å²) >= 11 is 3.47. The number of aromatic nitrogens is 2. The van der Waals surface area contributed by atoms with Gasteiger partial charge in [-0.2, -0.15) is 0 Å². The van der Waals surface area contributed by atoms with Gasteiger partial charge in [-0.05, 0) is 53.9 Å². The standard InChI is InChI=1S/C15H15BrN2O/c1-2-19-12-5-3-4-11(8-12)13-9-14(16)18-15(17-13)10-6-7-10/h3-5,8-10H,2,6-7H2,1H3. The first-order valence-corrected chi connectivity index (χ1v) is 7.33. The monoisotopic (exact) mass is 318 g/mol. The molecule has 0 amide bonds. The molecule has 4 heteroatoms. The largest absolute Gasteiger partial charge is 0.494 e. The number of ether oxygens (including phenoxy) is 1. The van der Waals surface area contributed by atoms with Crippen molar-refractivity contribution < 1.29 is 4.74 Å². The molecule has 0 bridgehead atoms. The highest BCUT2D eigenvalue weighted by atomic mass is 79.9. The summed E-state index contributed by atoms with van der Waals surface area (Å²) in [6, 6.07) is 9.98. The molecule has 0 unspecified atom stereocenters. The molecule has 1 fully saturated rings. The minimum Gasteiger partial charge on any atom is -0.494 e. The van der Waals surface area contributed by atoms with Crippen LogP contribution in [-0.4, -0.2) is 16.6 Å². The highest BCUT2D eigenvalue weighted by Gasteiger charge is 2.27. The Labute approximate surface area is 121 Å². The van der Waals surface area contributed by atoms with Crippen molar-refractivity contribution in [2.75, 3.05) is 6.61 Å². The Hall–Kier alpha value is -1.42. The van der Waals surface area contributed by atoms with Crippen molar-refractivity contribution in [3.8, 4) is 17.0 Å². The number of benzene rings is 1. The van der Waals surface area contributed by atoms with E-state index in [1.165, 1.54) is 12.8 Å². The van der Waals surface area contributed by atoms with Crippen LogP contribution in [0.4, 0.5) is 0 Å². The highest BCUT2D eigenvalue weighted by molar-refractivity contribution is 9.10. The number of hydrogen-bond donors (Lipinski definition) is 0. The lowest BCUT2D eigenvalue weighted by Gasteiger charge is -2.07. The molecule has 0 N–H and O–H groups in total. The van der Waals surface area contributed by atoms with Crippen molar-refractivity contribution in [2.24, 2.45) is 0 Å². The van der Waals surface area contributed by atoms with E-state index in [4.69, 9.17) is 4.74 Å². The van der Waals surface area contributed by atoms with E-state index in [0.717, 1.165) is 27.4 Å². The Kier molecular flexibility index (Phi) is 3.51. The van der Waals surface area contributed by atoms with Crippen LogP contribution in [0.1, 0.15) is 31.5 Å². The Balaban J connectivity index is 1.98. The summed E-state index contributed by atoms with van der Waals surface area (Å²) in [5.74, 6) is 2.38. The molecular formula is C15H15BrN2O. The third-order valence-corrected chi connectivity index (χ3v) is 3.50. The number of nitrogens with zero attached hydrogens (tertiary/aromatic N) is 2. The van der Waals surface area contributed by atoms with E-state index >= 15 is 0 Å². The van der Waals surface area contributed by atoms with Crippen LogP contribution in [0.15, 0.2) is 34.9 Å². The van der Waals surface area contributed by atoms with Crippen LogP contribution in [0.2, 0.25) is 0 Å². The summed E-state index contributed by atoms with van der Waals surface area (Å²) < 4.78 is 6.38. The van der Waals surface area contributed by atoms with Gasteiger partial charge in [0, 0.05) is 11.5 Å². The van der Waals surface area contributed by atoms with Crippen molar-refractivity contribution in [3.63, 3.8) is 0 Å². The topological polar surface area (TPSA) is 35.0 Å². The number of rotatable bonds is 4. The van der Waals surface area contributed by atoms with Crippen LogP contribution in [0.5, 0.6) is 5.75 Å². The van der Waals surface area contributed by atoms with Gasteiger partial charge in [-0.15, -0.1) is 0 Å². The third-order valence-electron chi connectivity index (χ3n) is 3.10. The highest BCUT2D eigenvalue weighted by Crippen LogP contribution is 2.39. The molecular weight excluding hydrogens is 304 g/mol. The SMILES string of the molecule is CCOc1cccc(-c2cc(Br)nc(C3CC3)n2)c1. The molecule has 1 aromatic heterocycles. The van der Waals surface area contributed by atoms with E-state index < -0.39 is 0 Å². The molecule has 3 nitrogen and oxygen atoms in total. The normalized spacial score (nSPS) is 14.4. The minimum atomic E-state index is 0.548. The number of halogens is 1. The molecule has 1 aromatic carbocycles. The van der Waals surface area contributed by atoms with Gasteiger partial charge in [-0.25, -0.2) is 9.97 Å². The van der Waals surface area contributed by atoms with E-state index in [1.54, 1.807) is 0 Å². The van der Waals surface area contributed by atoms with Gasteiger partial charge in [-0.1, -0.05) is 12.1 Å². The van der Waals surface area contributed by atoms with Crippen molar-refractivity contribution >= 4 is 15.9 Å². The van der Waals surface area contributed by atoms with Gasteiger partial charge >= 0.3 is 0 Å². The lowest BCUT2D eigenvalue weighted by molar-refractivity contribution is 0.340. The fourth-order valence-corrected chi connectivity index (χ4v) is 2.42. The van der Waals surface area contributed by atoms with E-state index in [2.05, 4.69) is 25.9 Å². The van der Waals surface area contributed by atoms with Gasteiger partial charge in [0.15, 0.2) is 0 Å². The van der Waals surface area contributed by atoms with Crippen LogP contribution in [0.3, 0.4) is 0 Å². The quantitative estimate of drug-likeness (QED) is 0.793. The van der Waals surface area contributed by atoms with Gasteiger partial charge < -0.3 is 4.74 Å². The van der Waals surface area contributed by atoms with E-state index in [-0.39, 0.29) is 0 Å². The maximum Gasteiger partial charge on any atom is 0.133 e. The van der Waals surface area contributed by atoms with Crippen molar-refractivity contribution in [3.05, 3.63) is 40.8 Å². The molecule has 0 aliphatic heterocycles. The summed E-state index contributed by atoms with van der Waals surface area (Å²) in [5, 5.41) is 0. The van der Waals surface area contributed by atoms with Crippen LogP contribution in [0.25, 0.3) is 11.3 Å². The molecule has 3 rings (SSSR count). The molecule has 0 spiro atoms. The van der Waals surface area contributed by atoms with Crippen molar-refractivity contribution in [1.29, 1.82) is 0 Å². The molecule has 1 saturated carbocycles. The maximum absolute atomic E-state index is 5.53. The molecule has 1 aliphatic rings. The lowest BCUT2D eigenvalue weighted by Crippen LogP contribution is -1.96. The molecule has 0 radical (unpaired) electrons. The van der Waals surface area contributed by atoms with Gasteiger partial charge in [-0.3, -0.25) is 0 Å². The molecule has 98 valence electrons. The van der Waals surface area contributed by atoms with Crippen molar-refractivity contribution in [1.82, 2.24) is 9.97 Å². The Morgan fingerprint density at radius 2 is 2.11 bits per heavy atom.